The fourth-order valence-corrected chi connectivity index (χ4v) is 1.26. The summed E-state index contributed by atoms with van der Waals surface area (Å²) < 4.78 is 0. The molecule has 0 amide bonds. The molecule has 2 rings (SSSR count). The average molecular weight is 144 g/mol. The molecule has 0 spiro atoms. The van der Waals surface area contributed by atoms with Crippen molar-refractivity contribution in [3.8, 4) is 0 Å². The summed E-state index contributed by atoms with van der Waals surface area (Å²) >= 11 is 0. The highest BCUT2D eigenvalue weighted by Crippen LogP contribution is 2.29. The Balaban J connectivity index is 2.71. The van der Waals surface area contributed by atoms with E-state index in [1.54, 1.807) is 12.4 Å². The molecule has 2 heteroatoms. The van der Waals surface area contributed by atoms with Gasteiger partial charge in [0.25, 0.3) is 0 Å². The summed E-state index contributed by atoms with van der Waals surface area (Å²) in [5.41, 5.74) is 4.01. The van der Waals surface area contributed by atoms with Crippen molar-refractivity contribution >= 4 is 11.1 Å². The Kier molecular flexibility index (Phi) is 1.15. The molecule has 0 aliphatic heterocycles. The predicted octanol–water partition coefficient (Wildman–Crippen LogP) is 1.91. The maximum atomic E-state index is 4.20. The van der Waals surface area contributed by atoms with Crippen molar-refractivity contribution in [2.45, 2.75) is 6.92 Å². The molecular weight excluding hydrogens is 136 g/mol. The minimum atomic E-state index is 0.921. The van der Waals surface area contributed by atoms with Gasteiger partial charge in [0.1, 0.15) is 0 Å². The third-order valence-electron chi connectivity index (χ3n) is 1.77. The van der Waals surface area contributed by atoms with Crippen LogP contribution in [0, 0.1) is 0 Å². The molecule has 0 saturated heterocycles. The molecule has 0 bridgehead atoms. The monoisotopic (exact) mass is 144 g/mol. The van der Waals surface area contributed by atoms with E-state index in [1.165, 1.54) is 0 Å². The lowest BCUT2D eigenvalue weighted by atomic mass is 10.2. The van der Waals surface area contributed by atoms with Crippen LogP contribution in [0.5, 0.6) is 0 Å². The second-order valence-electron chi connectivity index (χ2n) is 2.61. The van der Waals surface area contributed by atoms with E-state index in [-0.39, 0.29) is 0 Å². The maximum Gasteiger partial charge on any atom is 0.0955 e. The highest BCUT2D eigenvalue weighted by molar-refractivity contribution is 5.90. The van der Waals surface area contributed by atoms with Crippen LogP contribution in [0.1, 0.15) is 18.3 Å². The summed E-state index contributed by atoms with van der Waals surface area (Å²) in [7, 11) is 0. The lowest BCUT2D eigenvalue weighted by Crippen LogP contribution is -1.89. The predicted molar refractivity (Wildman–Crippen MR) is 44.7 cm³/mol. The van der Waals surface area contributed by atoms with Crippen molar-refractivity contribution in [3.05, 3.63) is 36.4 Å². The molecule has 1 aliphatic rings. The summed E-state index contributed by atoms with van der Waals surface area (Å²) in [6, 6.07) is 0. The summed E-state index contributed by atoms with van der Waals surface area (Å²) in [6.07, 6.45) is 5.40. The first-order valence-electron chi connectivity index (χ1n) is 3.48. The fourth-order valence-electron chi connectivity index (χ4n) is 1.26. The van der Waals surface area contributed by atoms with Gasteiger partial charge in [-0.25, -0.2) is 0 Å². The molecule has 0 fully saturated rings. The number of allylic oxidation sites excluding steroid dienone is 3. The van der Waals surface area contributed by atoms with Crippen LogP contribution < -0.4 is 0 Å². The van der Waals surface area contributed by atoms with E-state index in [2.05, 4.69) is 16.5 Å². The first kappa shape index (κ1) is 6.28. The molecule has 1 aromatic heterocycles. The molecule has 1 aliphatic carbocycles. The van der Waals surface area contributed by atoms with Crippen molar-refractivity contribution in [3.63, 3.8) is 0 Å². The van der Waals surface area contributed by atoms with Crippen LogP contribution in [0.4, 0.5) is 0 Å². The van der Waals surface area contributed by atoms with Crippen LogP contribution >= 0.6 is 0 Å². The quantitative estimate of drug-likeness (QED) is 0.555. The highest BCUT2D eigenvalue weighted by Gasteiger charge is 2.15. The van der Waals surface area contributed by atoms with E-state index in [9.17, 15) is 0 Å². The van der Waals surface area contributed by atoms with Gasteiger partial charge in [-0.15, -0.1) is 0 Å². The zero-order valence-corrected chi connectivity index (χ0v) is 6.33. The van der Waals surface area contributed by atoms with E-state index >= 15 is 0 Å². The Morgan fingerprint density at radius 1 is 1.18 bits per heavy atom. The van der Waals surface area contributed by atoms with Gasteiger partial charge in [0.2, 0.25) is 0 Å². The Bertz CT molecular complexity index is 350. The smallest absolute Gasteiger partial charge is 0.0955 e. The molecule has 0 N–H and O–H groups in total. The standard InChI is InChI=1S/C9H8N2/c1-6-5-7(2)9-8(6)10-3-4-11-9/h3-5H,1H2,2H3. The van der Waals surface area contributed by atoms with Crippen LogP contribution in [-0.2, 0) is 0 Å². The number of aromatic nitrogens is 2. The molecule has 0 unspecified atom stereocenters. The van der Waals surface area contributed by atoms with E-state index < -0.39 is 0 Å². The summed E-state index contributed by atoms with van der Waals surface area (Å²) in [6.45, 7) is 5.89. The van der Waals surface area contributed by atoms with Crippen LogP contribution in [0.25, 0.3) is 11.1 Å². The molecule has 0 saturated carbocycles. The summed E-state index contributed by atoms with van der Waals surface area (Å²) in [4.78, 5) is 8.38. The van der Waals surface area contributed by atoms with Gasteiger partial charge in [0.15, 0.2) is 0 Å². The molecular formula is C9H8N2. The number of rotatable bonds is 0. The number of hydrogen-bond donors (Lipinski definition) is 0. The van der Waals surface area contributed by atoms with Gasteiger partial charge in [-0.2, -0.15) is 0 Å². The molecule has 1 aromatic rings. The van der Waals surface area contributed by atoms with Gasteiger partial charge in [-0.05, 0) is 24.1 Å². The largest absolute Gasteiger partial charge is 0.253 e. The van der Waals surface area contributed by atoms with Crippen LogP contribution in [-0.4, -0.2) is 9.97 Å². The average Bonchev–Trinajstić information content (AvgIpc) is 2.30. The lowest BCUT2D eigenvalue weighted by Gasteiger charge is -1.96. The number of hydrogen-bond acceptors (Lipinski definition) is 2. The van der Waals surface area contributed by atoms with Gasteiger partial charge in [0.05, 0.1) is 11.4 Å². The lowest BCUT2D eigenvalue weighted by molar-refractivity contribution is 1.15. The Labute approximate surface area is 65.3 Å². The van der Waals surface area contributed by atoms with Crippen molar-refractivity contribution in [1.29, 1.82) is 0 Å². The van der Waals surface area contributed by atoms with Crippen molar-refractivity contribution in [2.75, 3.05) is 0 Å². The Morgan fingerprint density at radius 2 is 1.82 bits per heavy atom. The van der Waals surface area contributed by atoms with Crippen molar-refractivity contribution in [2.24, 2.45) is 0 Å². The third kappa shape index (κ3) is 0.792. The molecule has 2 nitrogen and oxygen atoms in total. The minimum absolute atomic E-state index is 0.921. The first-order chi connectivity index (χ1) is 5.29. The normalized spacial score (nSPS) is 14.6. The fraction of sp³-hybridized carbons (Fsp3) is 0.111. The van der Waals surface area contributed by atoms with Crippen molar-refractivity contribution < 1.29 is 0 Å². The van der Waals surface area contributed by atoms with E-state index in [0.29, 0.717) is 0 Å². The van der Waals surface area contributed by atoms with Crippen LogP contribution in [0.3, 0.4) is 0 Å². The molecule has 54 valence electrons. The van der Waals surface area contributed by atoms with E-state index in [4.69, 9.17) is 0 Å². The SMILES string of the molecule is C=C1C=C(C)c2nccnc21. The van der Waals surface area contributed by atoms with Gasteiger partial charge >= 0.3 is 0 Å². The van der Waals surface area contributed by atoms with Crippen LogP contribution in [0.15, 0.2) is 25.0 Å². The van der Waals surface area contributed by atoms with Gasteiger partial charge in [0, 0.05) is 12.4 Å². The molecule has 0 aromatic carbocycles. The molecule has 11 heavy (non-hydrogen) atoms. The zero-order chi connectivity index (χ0) is 7.84. The highest BCUT2D eigenvalue weighted by atomic mass is 14.8. The van der Waals surface area contributed by atoms with Gasteiger partial charge < -0.3 is 0 Å². The topological polar surface area (TPSA) is 25.8 Å². The van der Waals surface area contributed by atoms with E-state index in [1.807, 2.05) is 13.0 Å². The van der Waals surface area contributed by atoms with E-state index in [0.717, 1.165) is 22.5 Å². The Morgan fingerprint density at radius 3 is 2.45 bits per heavy atom. The Hall–Kier alpha value is -1.44. The maximum absolute atomic E-state index is 4.20. The van der Waals surface area contributed by atoms with Gasteiger partial charge in [-0.1, -0.05) is 6.58 Å². The number of fused-ring (bicyclic) bond motifs is 1. The minimum Gasteiger partial charge on any atom is -0.253 e. The third-order valence-corrected chi connectivity index (χ3v) is 1.77. The number of nitrogens with zero attached hydrogens (tertiary/aromatic N) is 2. The van der Waals surface area contributed by atoms with Crippen LogP contribution in [0.2, 0.25) is 0 Å². The van der Waals surface area contributed by atoms with Gasteiger partial charge in [-0.3, -0.25) is 9.97 Å². The van der Waals surface area contributed by atoms with Crippen molar-refractivity contribution in [1.82, 2.24) is 9.97 Å². The summed E-state index contributed by atoms with van der Waals surface area (Å²) in [5, 5.41) is 0. The second kappa shape index (κ2) is 2.02. The second-order valence-corrected chi connectivity index (χ2v) is 2.61. The zero-order valence-electron chi connectivity index (χ0n) is 6.33. The first-order valence-corrected chi connectivity index (χ1v) is 3.48. The molecule has 0 atom stereocenters. The summed E-state index contributed by atoms with van der Waals surface area (Å²) in [5.74, 6) is 0. The molecule has 1 heterocycles. The molecule has 0 radical (unpaired) electrons.